The van der Waals surface area contributed by atoms with Crippen molar-refractivity contribution < 1.29 is 33.8 Å². The van der Waals surface area contributed by atoms with Crippen LogP contribution in [-0.4, -0.2) is 62.2 Å². The molecule has 13 nitrogen and oxygen atoms in total. The largest absolute Gasteiger partial charge is 0.508 e. The van der Waals surface area contributed by atoms with Crippen LogP contribution in [0.4, 0.5) is 10.5 Å². The van der Waals surface area contributed by atoms with Crippen molar-refractivity contribution in [2.24, 2.45) is 5.92 Å². The van der Waals surface area contributed by atoms with E-state index in [2.05, 4.69) is 4.98 Å². The van der Waals surface area contributed by atoms with E-state index in [1.807, 2.05) is 12.2 Å². The van der Waals surface area contributed by atoms with Crippen LogP contribution in [0, 0.1) is 23.0 Å². The van der Waals surface area contributed by atoms with E-state index in [4.69, 9.17) is 14.2 Å². The summed E-state index contributed by atoms with van der Waals surface area (Å²) in [5, 5.41) is 22.1. The van der Waals surface area contributed by atoms with Crippen LogP contribution in [-0.2, 0) is 14.2 Å². The summed E-state index contributed by atoms with van der Waals surface area (Å²) in [7, 11) is 0. The van der Waals surface area contributed by atoms with Crippen LogP contribution in [0.2, 0.25) is 0 Å². The number of Topliss-reactive ketones (excluding diaryl/α,β-unsaturated/α-hetero) is 1. The predicted octanol–water partition coefficient (Wildman–Crippen LogP) is 2.76. The second kappa shape index (κ2) is 11.5. The van der Waals surface area contributed by atoms with Crippen molar-refractivity contribution in [3.63, 3.8) is 0 Å². The number of carbonyl (C=O) groups excluding carboxylic acids is 2. The number of aliphatic hydroxyl groups excluding tert-OH is 1. The maximum atomic E-state index is 13.0. The molecule has 0 radical (unpaired) electrons. The summed E-state index contributed by atoms with van der Waals surface area (Å²) in [6.45, 7) is 2.57. The number of carbonyl (C=O) groups is 2. The molecule has 3 aliphatic rings. The second-order valence-corrected chi connectivity index (χ2v) is 11.3. The summed E-state index contributed by atoms with van der Waals surface area (Å²) in [5.41, 5.74) is -0.559. The highest BCUT2D eigenvalue weighted by Gasteiger charge is 2.38. The van der Waals surface area contributed by atoms with Crippen molar-refractivity contribution in [1.29, 1.82) is 0 Å². The summed E-state index contributed by atoms with van der Waals surface area (Å²) in [5.74, 6) is -1.15. The smallest absolute Gasteiger partial charge is 0.434 e. The van der Waals surface area contributed by atoms with Crippen LogP contribution in [0.3, 0.4) is 0 Å². The molecule has 41 heavy (non-hydrogen) atoms. The number of allylic oxidation sites excluding steroid dienone is 3. The number of aryl methyl sites for hydroxylation is 1. The van der Waals surface area contributed by atoms with Gasteiger partial charge < -0.3 is 19.3 Å². The molecule has 1 saturated heterocycles. The average molecular weight is 586 g/mol. The number of nitro benzene ring substituents is 1. The summed E-state index contributed by atoms with van der Waals surface area (Å²) < 4.78 is 17.1. The summed E-state index contributed by atoms with van der Waals surface area (Å²) >= 11 is 1.45. The van der Waals surface area contributed by atoms with E-state index >= 15 is 0 Å². The lowest BCUT2D eigenvalue weighted by molar-refractivity contribution is -0.385. The number of ketones is 1. The number of fused-ring (bicyclic) bond motifs is 2. The number of benzene rings is 1. The van der Waals surface area contributed by atoms with Crippen LogP contribution in [0.1, 0.15) is 47.0 Å². The Morgan fingerprint density at radius 3 is 2.78 bits per heavy atom. The maximum Gasteiger partial charge on any atom is 0.508 e. The van der Waals surface area contributed by atoms with Gasteiger partial charge in [-0.05, 0) is 13.0 Å². The van der Waals surface area contributed by atoms with Gasteiger partial charge in [-0.25, -0.2) is 9.59 Å². The number of aromatic amines is 1. The SMILES string of the molecule is Cc1cn([C@H]2C[C@H](O)[C@@H](COC(=O)OCC(C)c3cc4c(cc3[N+](=O)[O-])C(=O)C3C=CC=CC3S4)O2)c(=O)[nH]c1=O. The van der Waals surface area contributed by atoms with E-state index in [1.54, 1.807) is 25.1 Å². The van der Waals surface area contributed by atoms with Crippen LogP contribution in [0.25, 0.3) is 0 Å². The lowest BCUT2D eigenvalue weighted by Gasteiger charge is -2.29. The summed E-state index contributed by atoms with van der Waals surface area (Å²) in [6.07, 6.45) is 4.78. The zero-order valence-electron chi connectivity index (χ0n) is 22.1. The highest BCUT2D eigenvalue weighted by atomic mass is 32.2. The molecule has 2 N–H and O–H groups in total. The van der Waals surface area contributed by atoms with Gasteiger partial charge in [-0.3, -0.25) is 29.3 Å². The molecule has 2 aliphatic heterocycles. The first kappa shape index (κ1) is 28.5. The topological polar surface area (TPSA) is 180 Å². The van der Waals surface area contributed by atoms with E-state index in [9.17, 15) is 34.4 Å². The minimum absolute atomic E-state index is 0.0295. The molecule has 0 spiro atoms. The first-order chi connectivity index (χ1) is 19.5. The van der Waals surface area contributed by atoms with E-state index in [1.165, 1.54) is 30.9 Å². The molecule has 0 bridgehead atoms. The molecule has 14 heteroatoms. The Morgan fingerprint density at radius 1 is 1.27 bits per heavy atom. The lowest BCUT2D eigenvalue weighted by atomic mass is 9.88. The predicted molar refractivity (Wildman–Crippen MR) is 145 cm³/mol. The van der Waals surface area contributed by atoms with E-state index in [0.717, 1.165) is 4.57 Å². The number of thioether (sulfide) groups is 1. The fourth-order valence-electron chi connectivity index (χ4n) is 5.00. The Kier molecular flexibility index (Phi) is 7.98. The zero-order chi connectivity index (χ0) is 29.4. The fraction of sp³-hybridized carbons (Fsp3) is 0.407. The van der Waals surface area contributed by atoms with Crippen molar-refractivity contribution in [2.45, 2.75) is 54.8 Å². The molecule has 1 aliphatic carbocycles. The zero-order valence-corrected chi connectivity index (χ0v) is 22.9. The monoisotopic (exact) mass is 585 g/mol. The Hall–Kier alpha value is -4.01. The van der Waals surface area contributed by atoms with Gasteiger partial charge in [0.2, 0.25) is 0 Å². The van der Waals surface area contributed by atoms with Gasteiger partial charge >= 0.3 is 11.8 Å². The number of hydrogen-bond donors (Lipinski definition) is 2. The standard InChI is InChI=1S/C27H27N3O10S/c1-13-10-29(26(34)28-25(13)33)23-9-19(31)20(40-23)12-39-27(35)38-11-14(2)16-8-22-17(7-18(16)30(36)37)24(32)15-5-3-4-6-21(15)41-22/h3-8,10,14-15,19-21,23,31H,9,11-12H2,1-2H3,(H,28,33,34)/t14?,15?,19-,20+,21?,23+/m0/s1. The van der Waals surface area contributed by atoms with Gasteiger partial charge in [0, 0.05) is 51.4 Å². The minimum atomic E-state index is -1.07. The van der Waals surface area contributed by atoms with Gasteiger partial charge in [0.25, 0.3) is 11.2 Å². The Balaban J connectivity index is 1.20. The van der Waals surface area contributed by atoms with E-state index in [-0.39, 0.29) is 47.8 Å². The second-order valence-electron chi connectivity index (χ2n) is 10.1. The number of H-pyrrole nitrogens is 1. The molecular formula is C27H27N3O10S. The van der Waals surface area contributed by atoms with Gasteiger partial charge in [0.05, 0.1) is 16.9 Å². The van der Waals surface area contributed by atoms with Crippen LogP contribution in [0.5, 0.6) is 0 Å². The van der Waals surface area contributed by atoms with Crippen molar-refractivity contribution >= 4 is 29.4 Å². The molecule has 3 unspecified atom stereocenters. The Labute approximate surface area is 237 Å². The Bertz CT molecular complexity index is 1580. The molecule has 5 rings (SSSR count). The molecule has 6 atom stereocenters. The first-order valence-corrected chi connectivity index (χ1v) is 13.7. The highest BCUT2D eigenvalue weighted by molar-refractivity contribution is 8.00. The number of nitro groups is 1. The number of hydrogen-bond acceptors (Lipinski definition) is 11. The van der Waals surface area contributed by atoms with Crippen LogP contribution in [0.15, 0.2) is 57.1 Å². The third-order valence-electron chi connectivity index (χ3n) is 7.25. The molecule has 2 aromatic rings. The summed E-state index contributed by atoms with van der Waals surface area (Å²) in [6, 6.07) is 2.91. The third kappa shape index (κ3) is 5.76. The van der Waals surface area contributed by atoms with Gasteiger partial charge in [0.15, 0.2) is 5.78 Å². The highest BCUT2D eigenvalue weighted by Crippen LogP contribution is 2.44. The number of aromatic nitrogens is 2. The Morgan fingerprint density at radius 2 is 2.02 bits per heavy atom. The van der Waals surface area contributed by atoms with Gasteiger partial charge in [-0.1, -0.05) is 31.2 Å². The molecule has 0 amide bonds. The number of ether oxygens (including phenoxy) is 3. The molecule has 216 valence electrons. The number of aliphatic hydroxyl groups is 1. The van der Waals surface area contributed by atoms with Gasteiger partial charge in [-0.15, -0.1) is 11.8 Å². The normalized spacial score (nSPS) is 25.3. The minimum Gasteiger partial charge on any atom is -0.434 e. The molecular weight excluding hydrogens is 558 g/mol. The van der Waals surface area contributed by atoms with Crippen LogP contribution < -0.4 is 11.2 Å². The quantitative estimate of drug-likeness (QED) is 0.277. The average Bonchev–Trinajstić information content (AvgIpc) is 3.31. The van der Waals surface area contributed by atoms with Crippen molar-refractivity contribution in [3.8, 4) is 0 Å². The van der Waals surface area contributed by atoms with Crippen molar-refractivity contribution in [1.82, 2.24) is 9.55 Å². The van der Waals surface area contributed by atoms with Crippen molar-refractivity contribution in [3.05, 3.63) is 90.3 Å². The summed E-state index contributed by atoms with van der Waals surface area (Å²) in [4.78, 5) is 63.1. The maximum absolute atomic E-state index is 13.0. The number of rotatable bonds is 7. The lowest BCUT2D eigenvalue weighted by Crippen LogP contribution is -2.33. The van der Waals surface area contributed by atoms with Gasteiger partial charge in [-0.2, -0.15) is 0 Å². The van der Waals surface area contributed by atoms with E-state index in [0.29, 0.717) is 16.0 Å². The molecule has 1 aromatic carbocycles. The fourth-order valence-corrected chi connectivity index (χ4v) is 6.30. The van der Waals surface area contributed by atoms with Crippen LogP contribution >= 0.6 is 11.8 Å². The van der Waals surface area contributed by atoms with Crippen molar-refractivity contribution in [2.75, 3.05) is 13.2 Å². The third-order valence-corrected chi connectivity index (χ3v) is 8.56. The molecule has 0 saturated carbocycles. The van der Waals surface area contributed by atoms with E-state index < -0.39 is 46.7 Å². The number of nitrogens with zero attached hydrogens (tertiary/aromatic N) is 2. The number of nitrogens with one attached hydrogen (secondary N) is 1. The van der Waals surface area contributed by atoms with Gasteiger partial charge in [0.1, 0.15) is 25.5 Å². The first-order valence-electron chi connectivity index (χ1n) is 12.9. The molecule has 3 heterocycles. The molecule has 1 fully saturated rings. The molecule has 1 aromatic heterocycles.